The van der Waals surface area contributed by atoms with Gasteiger partial charge < -0.3 is 5.32 Å². The van der Waals surface area contributed by atoms with Crippen molar-refractivity contribution in [1.29, 1.82) is 0 Å². The summed E-state index contributed by atoms with van der Waals surface area (Å²) in [6, 6.07) is 0.569. The molecule has 0 aliphatic carbocycles. The summed E-state index contributed by atoms with van der Waals surface area (Å²) in [4.78, 5) is 0. The molecular formula is C10H23NS2. The van der Waals surface area contributed by atoms with Crippen molar-refractivity contribution in [1.82, 2.24) is 5.32 Å². The van der Waals surface area contributed by atoms with Gasteiger partial charge in [-0.15, -0.1) is 0 Å². The van der Waals surface area contributed by atoms with Crippen molar-refractivity contribution in [2.24, 2.45) is 0 Å². The summed E-state index contributed by atoms with van der Waals surface area (Å²) in [5.41, 5.74) is 0.251. The van der Waals surface area contributed by atoms with Gasteiger partial charge in [-0.2, -0.15) is 0 Å². The van der Waals surface area contributed by atoms with E-state index in [9.17, 15) is 0 Å². The highest BCUT2D eigenvalue weighted by Crippen LogP contribution is 2.29. The van der Waals surface area contributed by atoms with E-state index in [0.29, 0.717) is 6.04 Å². The highest BCUT2D eigenvalue weighted by atomic mass is 33.1. The average Bonchev–Trinajstić information content (AvgIpc) is 1.81. The van der Waals surface area contributed by atoms with Crippen LogP contribution in [0.15, 0.2) is 0 Å². The van der Waals surface area contributed by atoms with Crippen molar-refractivity contribution in [3.63, 3.8) is 0 Å². The summed E-state index contributed by atoms with van der Waals surface area (Å²) in [5.74, 6) is 1.16. The molecule has 0 unspecified atom stereocenters. The third kappa shape index (κ3) is 8.98. The van der Waals surface area contributed by atoms with Crippen molar-refractivity contribution in [3.8, 4) is 0 Å². The molecule has 0 rings (SSSR count). The molecule has 0 aromatic carbocycles. The SMILES string of the molecule is CC(C)NC(C)(C)CSSC(C)C. The van der Waals surface area contributed by atoms with Gasteiger partial charge in [0.05, 0.1) is 0 Å². The molecule has 0 amide bonds. The van der Waals surface area contributed by atoms with Crippen LogP contribution in [-0.2, 0) is 0 Å². The van der Waals surface area contributed by atoms with E-state index in [4.69, 9.17) is 0 Å². The third-order valence-corrected chi connectivity index (χ3v) is 4.64. The van der Waals surface area contributed by atoms with E-state index in [0.717, 1.165) is 11.0 Å². The molecule has 13 heavy (non-hydrogen) atoms. The number of nitrogens with one attached hydrogen (secondary N) is 1. The smallest absolute Gasteiger partial charge is 0.0226 e. The fourth-order valence-corrected chi connectivity index (χ4v) is 3.76. The lowest BCUT2D eigenvalue weighted by Gasteiger charge is -2.28. The molecule has 0 saturated carbocycles. The second kappa shape index (κ2) is 6.20. The first kappa shape index (κ1) is 13.7. The molecule has 1 nitrogen and oxygen atoms in total. The maximum absolute atomic E-state index is 3.56. The zero-order valence-electron chi connectivity index (χ0n) is 9.68. The Kier molecular flexibility index (Phi) is 6.52. The molecule has 0 saturated heterocycles. The Morgan fingerprint density at radius 1 is 1.15 bits per heavy atom. The van der Waals surface area contributed by atoms with Gasteiger partial charge in [0.15, 0.2) is 0 Å². The molecule has 0 atom stereocenters. The zero-order chi connectivity index (χ0) is 10.5. The number of rotatable bonds is 6. The van der Waals surface area contributed by atoms with Crippen LogP contribution in [0.5, 0.6) is 0 Å². The first-order chi connectivity index (χ1) is 5.83. The summed E-state index contributed by atoms with van der Waals surface area (Å²) in [6.45, 7) is 13.4. The Hall–Kier alpha value is 0.660. The second-order valence-electron chi connectivity index (χ2n) is 4.59. The predicted molar refractivity (Wildman–Crippen MR) is 67.5 cm³/mol. The van der Waals surface area contributed by atoms with Crippen molar-refractivity contribution in [2.75, 3.05) is 5.75 Å². The summed E-state index contributed by atoms with van der Waals surface area (Å²) >= 11 is 0. The minimum Gasteiger partial charge on any atom is -0.309 e. The first-order valence-electron chi connectivity index (χ1n) is 4.89. The van der Waals surface area contributed by atoms with Gasteiger partial charge in [0.1, 0.15) is 0 Å². The molecule has 0 aromatic heterocycles. The van der Waals surface area contributed by atoms with Crippen LogP contribution in [0.3, 0.4) is 0 Å². The maximum atomic E-state index is 3.56. The summed E-state index contributed by atoms with van der Waals surface area (Å²) in [5, 5.41) is 4.28. The van der Waals surface area contributed by atoms with E-state index in [1.807, 2.05) is 21.6 Å². The summed E-state index contributed by atoms with van der Waals surface area (Å²) in [6.07, 6.45) is 0. The molecule has 0 radical (unpaired) electrons. The molecule has 3 heteroatoms. The third-order valence-electron chi connectivity index (χ3n) is 1.36. The molecule has 0 bridgehead atoms. The Labute approximate surface area is 91.2 Å². The largest absolute Gasteiger partial charge is 0.309 e. The van der Waals surface area contributed by atoms with Crippen LogP contribution in [0.1, 0.15) is 41.5 Å². The maximum Gasteiger partial charge on any atom is 0.0226 e. The van der Waals surface area contributed by atoms with Gasteiger partial charge in [-0.25, -0.2) is 0 Å². The van der Waals surface area contributed by atoms with E-state index < -0.39 is 0 Å². The van der Waals surface area contributed by atoms with E-state index in [2.05, 4.69) is 46.9 Å². The van der Waals surface area contributed by atoms with Crippen LogP contribution in [0, 0.1) is 0 Å². The highest BCUT2D eigenvalue weighted by Gasteiger charge is 2.18. The van der Waals surface area contributed by atoms with Gasteiger partial charge >= 0.3 is 0 Å². The molecule has 0 heterocycles. The molecule has 80 valence electrons. The topological polar surface area (TPSA) is 12.0 Å². The monoisotopic (exact) mass is 221 g/mol. The first-order valence-corrected chi connectivity index (χ1v) is 7.27. The van der Waals surface area contributed by atoms with E-state index in [1.54, 1.807) is 0 Å². The van der Waals surface area contributed by atoms with Crippen LogP contribution in [0.2, 0.25) is 0 Å². The Morgan fingerprint density at radius 2 is 1.69 bits per heavy atom. The average molecular weight is 221 g/mol. The minimum atomic E-state index is 0.251. The molecule has 0 spiro atoms. The van der Waals surface area contributed by atoms with Crippen LogP contribution in [-0.4, -0.2) is 22.6 Å². The lowest BCUT2D eigenvalue weighted by molar-refractivity contribution is 0.394. The lowest BCUT2D eigenvalue weighted by Crippen LogP contribution is -2.45. The fraction of sp³-hybridized carbons (Fsp3) is 1.00. The molecule has 0 aromatic rings. The van der Waals surface area contributed by atoms with Crippen molar-refractivity contribution >= 4 is 21.6 Å². The molecule has 0 fully saturated rings. The van der Waals surface area contributed by atoms with E-state index in [-0.39, 0.29) is 5.54 Å². The van der Waals surface area contributed by atoms with Gasteiger partial charge in [0, 0.05) is 22.6 Å². The predicted octanol–water partition coefficient (Wildman–Crippen LogP) is 3.55. The van der Waals surface area contributed by atoms with Crippen molar-refractivity contribution in [2.45, 2.75) is 58.4 Å². The standard InChI is InChI=1S/C10H23NS2/c1-8(2)11-10(5,6)7-12-13-9(3)4/h8-9,11H,7H2,1-6H3. The Balaban J connectivity index is 3.62. The van der Waals surface area contributed by atoms with E-state index >= 15 is 0 Å². The molecular weight excluding hydrogens is 198 g/mol. The van der Waals surface area contributed by atoms with Crippen LogP contribution in [0.25, 0.3) is 0 Å². The van der Waals surface area contributed by atoms with Crippen LogP contribution in [0.4, 0.5) is 0 Å². The molecule has 1 N–H and O–H groups in total. The lowest BCUT2D eigenvalue weighted by atomic mass is 10.1. The number of hydrogen-bond donors (Lipinski definition) is 1. The molecule has 0 aliphatic heterocycles. The van der Waals surface area contributed by atoms with Gasteiger partial charge in [-0.1, -0.05) is 49.3 Å². The van der Waals surface area contributed by atoms with Crippen LogP contribution < -0.4 is 5.32 Å². The highest BCUT2D eigenvalue weighted by molar-refractivity contribution is 8.76. The van der Waals surface area contributed by atoms with Crippen molar-refractivity contribution < 1.29 is 0 Å². The minimum absolute atomic E-state index is 0.251. The fourth-order valence-electron chi connectivity index (χ4n) is 1.14. The van der Waals surface area contributed by atoms with Gasteiger partial charge in [-0.3, -0.25) is 0 Å². The number of hydrogen-bond acceptors (Lipinski definition) is 3. The second-order valence-corrected chi connectivity index (χ2v) is 7.53. The van der Waals surface area contributed by atoms with E-state index in [1.165, 1.54) is 0 Å². The van der Waals surface area contributed by atoms with Gasteiger partial charge in [-0.05, 0) is 13.8 Å². The Morgan fingerprint density at radius 3 is 2.08 bits per heavy atom. The zero-order valence-corrected chi connectivity index (χ0v) is 11.3. The summed E-state index contributed by atoms with van der Waals surface area (Å²) in [7, 11) is 3.93. The van der Waals surface area contributed by atoms with Crippen molar-refractivity contribution in [3.05, 3.63) is 0 Å². The molecule has 0 aliphatic rings. The van der Waals surface area contributed by atoms with Gasteiger partial charge in [0.2, 0.25) is 0 Å². The summed E-state index contributed by atoms with van der Waals surface area (Å²) < 4.78 is 0. The quantitative estimate of drug-likeness (QED) is 0.689. The van der Waals surface area contributed by atoms with Crippen LogP contribution >= 0.6 is 21.6 Å². The Bertz CT molecular complexity index is 133. The van der Waals surface area contributed by atoms with Gasteiger partial charge in [0.25, 0.3) is 0 Å². The normalized spacial score (nSPS) is 12.9.